The Bertz CT molecular complexity index is 747. The van der Waals surface area contributed by atoms with Gasteiger partial charge in [-0.1, -0.05) is 13.8 Å². The number of aromatic nitrogens is 1. The Morgan fingerprint density at radius 1 is 1.19 bits per heavy atom. The molecule has 26 heavy (non-hydrogen) atoms. The first-order chi connectivity index (χ1) is 12.4. The van der Waals surface area contributed by atoms with E-state index in [1.165, 1.54) is 0 Å². The van der Waals surface area contributed by atoms with Crippen LogP contribution in [0.2, 0.25) is 0 Å². The second-order valence-corrected chi connectivity index (χ2v) is 9.16. The molecule has 6 nitrogen and oxygen atoms in total. The second kappa shape index (κ2) is 5.57. The zero-order chi connectivity index (χ0) is 18.1. The Balaban J connectivity index is 1.29. The van der Waals surface area contributed by atoms with Gasteiger partial charge in [0.05, 0.1) is 18.3 Å². The molecule has 0 radical (unpaired) electrons. The molecule has 2 aliphatic heterocycles. The fourth-order valence-corrected chi connectivity index (χ4v) is 4.84. The number of carbonyl (C=O) groups excluding carboxylic acids is 2. The van der Waals surface area contributed by atoms with Crippen LogP contribution in [-0.4, -0.2) is 39.8 Å². The third-order valence-corrected chi connectivity index (χ3v) is 6.93. The Morgan fingerprint density at radius 2 is 1.96 bits per heavy atom. The maximum atomic E-state index is 13.0. The van der Waals surface area contributed by atoms with E-state index in [-0.39, 0.29) is 35.4 Å². The molecule has 0 unspecified atom stereocenters. The SMILES string of the molecule is CC(C)(C(=O)N[C@@H]1C[C@H]2CC[C@@H]1N2C(=O)c1cnc(C2CC2)o1)C1CC1. The van der Waals surface area contributed by atoms with Crippen molar-refractivity contribution in [2.24, 2.45) is 11.3 Å². The number of carbonyl (C=O) groups is 2. The van der Waals surface area contributed by atoms with E-state index in [9.17, 15) is 9.59 Å². The number of nitrogens with one attached hydrogen (secondary N) is 1. The van der Waals surface area contributed by atoms with Gasteiger partial charge in [-0.3, -0.25) is 9.59 Å². The number of nitrogens with zero attached hydrogens (tertiary/aromatic N) is 2. The van der Waals surface area contributed by atoms with Gasteiger partial charge in [0.1, 0.15) is 0 Å². The molecular formula is C20H27N3O3. The fraction of sp³-hybridized carbons (Fsp3) is 0.750. The topological polar surface area (TPSA) is 75.4 Å². The van der Waals surface area contributed by atoms with Gasteiger partial charge in [0.2, 0.25) is 11.7 Å². The van der Waals surface area contributed by atoms with Gasteiger partial charge in [-0.15, -0.1) is 0 Å². The summed E-state index contributed by atoms with van der Waals surface area (Å²) in [5.74, 6) is 2.05. The molecule has 0 spiro atoms. The van der Waals surface area contributed by atoms with E-state index in [0.29, 0.717) is 23.5 Å². The smallest absolute Gasteiger partial charge is 0.291 e. The summed E-state index contributed by atoms with van der Waals surface area (Å²) < 4.78 is 5.73. The van der Waals surface area contributed by atoms with E-state index in [4.69, 9.17) is 4.42 Å². The van der Waals surface area contributed by atoms with Crippen molar-refractivity contribution in [2.75, 3.05) is 0 Å². The minimum atomic E-state index is -0.305. The van der Waals surface area contributed by atoms with Crippen molar-refractivity contribution in [1.29, 1.82) is 0 Å². The van der Waals surface area contributed by atoms with Crippen molar-refractivity contribution in [1.82, 2.24) is 15.2 Å². The van der Waals surface area contributed by atoms with Crippen molar-refractivity contribution >= 4 is 11.8 Å². The minimum Gasteiger partial charge on any atom is -0.435 e. The molecule has 3 atom stereocenters. The van der Waals surface area contributed by atoms with Crippen LogP contribution in [0.3, 0.4) is 0 Å². The van der Waals surface area contributed by atoms with E-state index in [0.717, 1.165) is 44.9 Å². The summed E-state index contributed by atoms with van der Waals surface area (Å²) in [6.07, 6.45) is 8.91. The number of rotatable bonds is 5. The van der Waals surface area contributed by atoms with Crippen LogP contribution >= 0.6 is 0 Å². The number of hydrogen-bond acceptors (Lipinski definition) is 4. The molecule has 140 valence electrons. The zero-order valence-corrected chi connectivity index (χ0v) is 15.5. The highest BCUT2D eigenvalue weighted by atomic mass is 16.4. The molecule has 6 heteroatoms. The molecule has 4 fully saturated rings. The van der Waals surface area contributed by atoms with Crippen LogP contribution in [0, 0.1) is 11.3 Å². The van der Waals surface area contributed by atoms with Crippen LogP contribution in [0.4, 0.5) is 0 Å². The Hall–Kier alpha value is -1.85. The fourth-order valence-electron chi connectivity index (χ4n) is 4.84. The number of hydrogen-bond donors (Lipinski definition) is 1. The summed E-state index contributed by atoms with van der Waals surface area (Å²) >= 11 is 0. The van der Waals surface area contributed by atoms with Crippen molar-refractivity contribution < 1.29 is 14.0 Å². The summed E-state index contributed by atoms with van der Waals surface area (Å²) in [6, 6.07) is 0.353. The zero-order valence-electron chi connectivity index (χ0n) is 15.5. The van der Waals surface area contributed by atoms with Crippen molar-refractivity contribution in [2.45, 2.75) is 82.8 Å². The molecule has 2 bridgehead atoms. The lowest BCUT2D eigenvalue weighted by Gasteiger charge is -2.29. The molecule has 2 saturated carbocycles. The highest BCUT2D eigenvalue weighted by Crippen LogP contribution is 2.46. The number of oxazole rings is 1. The average molecular weight is 357 g/mol. The largest absolute Gasteiger partial charge is 0.435 e. The van der Waals surface area contributed by atoms with Crippen LogP contribution in [-0.2, 0) is 4.79 Å². The van der Waals surface area contributed by atoms with Gasteiger partial charge in [-0.05, 0) is 50.9 Å². The van der Waals surface area contributed by atoms with E-state index in [2.05, 4.69) is 10.3 Å². The van der Waals surface area contributed by atoms with Crippen molar-refractivity contribution in [3.8, 4) is 0 Å². The van der Waals surface area contributed by atoms with Gasteiger partial charge in [-0.25, -0.2) is 4.98 Å². The third kappa shape index (κ3) is 2.57. The number of amides is 2. The summed E-state index contributed by atoms with van der Waals surface area (Å²) in [6.45, 7) is 4.09. The summed E-state index contributed by atoms with van der Waals surface area (Å²) in [5, 5.41) is 3.26. The van der Waals surface area contributed by atoms with Crippen LogP contribution < -0.4 is 5.32 Å². The predicted molar refractivity (Wildman–Crippen MR) is 94.5 cm³/mol. The Kier molecular flexibility index (Phi) is 3.50. The molecule has 1 aromatic rings. The molecule has 2 aliphatic carbocycles. The lowest BCUT2D eigenvalue weighted by atomic mass is 9.85. The Morgan fingerprint density at radius 3 is 2.65 bits per heavy atom. The predicted octanol–water partition coefficient (Wildman–Crippen LogP) is 2.85. The standard InChI is InChI=1S/C20H27N3O3/c1-20(2,12-5-6-12)19(25)22-14-9-13-7-8-15(14)23(13)18(24)16-10-21-17(26-16)11-3-4-11/h10-15H,3-9H2,1-2H3,(H,22,25)/t13-,14-,15+/m1/s1. The second-order valence-electron chi connectivity index (χ2n) is 9.16. The van der Waals surface area contributed by atoms with E-state index >= 15 is 0 Å². The Labute approximate surface area is 153 Å². The quantitative estimate of drug-likeness (QED) is 0.879. The van der Waals surface area contributed by atoms with E-state index < -0.39 is 0 Å². The maximum absolute atomic E-state index is 13.0. The van der Waals surface area contributed by atoms with Crippen LogP contribution in [0.25, 0.3) is 0 Å². The van der Waals surface area contributed by atoms with Crippen LogP contribution in [0.15, 0.2) is 10.6 Å². The summed E-state index contributed by atoms with van der Waals surface area (Å²) in [4.78, 5) is 32.0. The van der Waals surface area contributed by atoms with E-state index in [1.807, 2.05) is 18.7 Å². The highest BCUT2D eigenvalue weighted by Gasteiger charge is 2.51. The first-order valence-corrected chi connectivity index (χ1v) is 10.0. The minimum absolute atomic E-state index is 0.0601. The molecule has 0 aromatic carbocycles. The summed E-state index contributed by atoms with van der Waals surface area (Å²) in [7, 11) is 0. The molecule has 4 aliphatic rings. The molecule has 3 heterocycles. The van der Waals surface area contributed by atoms with Gasteiger partial charge in [0, 0.05) is 17.4 Å². The summed E-state index contributed by atoms with van der Waals surface area (Å²) in [5.41, 5.74) is -0.305. The molecular weight excluding hydrogens is 330 g/mol. The first-order valence-electron chi connectivity index (χ1n) is 10.0. The van der Waals surface area contributed by atoms with Gasteiger partial charge >= 0.3 is 0 Å². The van der Waals surface area contributed by atoms with Gasteiger partial charge in [0.25, 0.3) is 5.91 Å². The molecule has 1 aromatic heterocycles. The monoisotopic (exact) mass is 357 g/mol. The number of fused-ring (bicyclic) bond motifs is 2. The van der Waals surface area contributed by atoms with Crippen molar-refractivity contribution in [3.05, 3.63) is 17.8 Å². The highest BCUT2D eigenvalue weighted by molar-refractivity contribution is 5.92. The van der Waals surface area contributed by atoms with E-state index in [1.54, 1.807) is 6.20 Å². The average Bonchev–Trinajstić information content (AvgIpc) is 3.54. The molecule has 5 rings (SSSR count). The molecule has 2 saturated heterocycles. The maximum Gasteiger partial charge on any atom is 0.291 e. The van der Waals surface area contributed by atoms with Crippen molar-refractivity contribution in [3.63, 3.8) is 0 Å². The normalized spacial score (nSPS) is 30.7. The van der Waals surface area contributed by atoms with Gasteiger partial charge in [-0.2, -0.15) is 0 Å². The lowest BCUT2D eigenvalue weighted by Crippen LogP contribution is -2.49. The van der Waals surface area contributed by atoms with Crippen LogP contribution in [0.5, 0.6) is 0 Å². The molecule has 1 N–H and O–H groups in total. The first kappa shape index (κ1) is 16.3. The molecule has 2 amide bonds. The van der Waals surface area contributed by atoms with Gasteiger partial charge < -0.3 is 14.6 Å². The van der Waals surface area contributed by atoms with Crippen LogP contribution in [0.1, 0.15) is 81.2 Å². The van der Waals surface area contributed by atoms with Gasteiger partial charge in [0.15, 0.2) is 5.89 Å². The third-order valence-electron chi connectivity index (χ3n) is 6.93. The lowest BCUT2D eigenvalue weighted by molar-refractivity contribution is -0.131.